The van der Waals surface area contributed by atoms with Gasteiger partial charge in [0.05, 0.1) is 0 Å². The van der Waals surface area contributed by atoms with Crippen LogP contribution in [-0.2, 0) is 0 Å². The van der Waals surface area contributed by atoms with E-state index in [4.69, 9.17) is 0 Å². The molecule has 0 aromatic carbocycles. The second-order valence-electron chi connectivity index (χ2n) is 6.13. The molecule has 2 heterocycles. The molecule has 3 rings (SSSR count). The molecule has 5 heteroatoms. The molecule has 1 saturated heterocycles. The van der Waals surface area contributed by atoms with Crippen molar-refractivity contribution in [2.45, 2.75) is 44.9 Å². The Hall–Kier alpha value is -1.36. The number of hydrogen-bond donors (Lipinski definition) is 2. The number of nitrogens with one attached hydrogen (secondary N) is 2. The van der Waals surface area contributed by atoms with Gasteiger partial charge in [0.2, 0.25) is 0 Å². The van der Waals surface area contributed by atoms with Crippen LogP contribution >= 0.6 is 0 Å². The van der Waals surface area contributed by atoms with Crippen molar-refractivity contribution in [2.75, 3.05) is 43.4 Å². The average Bonchev–Trinajstić information content (AvgIpc) is 3.33. The van der Waals surface area contributed by atoms with Gasteiger partial charge in [0, 0.05) is 31.6 Å². The van der Waals surface area contributed by atoms with Crippen molar-refractivity contribution in [1.29, 1.82) is 0 Å². The molecule has 0 unspecified atom stereocenters. The van der Waals surface area contributed by atoms with Crippen molar-refractivity contribution in [1.82, 2.24) is 14.9 Å². The normalized spacial score (nSPS) is 19.5. The molecule has 0 bridgehead atoms. The molecule has 1 aliphatic carbocycles. The highest BCUT2D eigenvalue weighted by atomic mass is 15.2. The van der Waals surface area contributed by atoms with Crippen molar-refractivity contribution in [2.24, 2.45) is 0 Å². The lowest BCUT2D eigenvalue weighted by Crippen LogP contribution is -2.33. The third kappa shape index (κ3) is 4.30. The highest BCUT2D eigenvalue weighted by Gasteiger charge is 2.27. The Morgan fingerprint density at radius 2 is 1.81 bits per heavy atom. The summed E-state index contributed by atoms with van der Waals surface area (Å²) in [7, 11) is 0. The second kappa shape index (κ2) is 7.07. The number of piperidine rings is 1. The van der Waals surface area contributed by atoms with Crippen LogP contribution in [-0.4, -0.2) is 47.6 Å². The smallest absolute Gasteiger partial charge is 0.136 e. The third-order valence-electron chi connectivity index (χ3n) is 4.23. The Kier molecular flexibility index (Phi) is 4.91. The quantitative estimate of drug-likeness (QED) is 0.808. The van der Waals surface area contributed by atoms with Crippen LogP contribution < -0.4 is 10.6 Å². The average molecular weight is 289 g/mol. The van der Waals surface area contributed by atoms with Gasteiger partial charge < -0.3 is 15.5 Å². The first-order chi connectivity index (χ1) is 10.3. The summed E-state index contributed by atoms with van der Waals surface area (Å²) in [5, 5.41) is 6.79. The van der Waals surface area contributed by atoms with Gasteiger partial charge in [-0.25, -0.2) is 9.97 Å². The zero-order valence-electron chi connectivity index (χ0n) is 13.1. The first-order valence-electron chi connectivity index (χ1n) is 8.44. The Morgan fingerprint density at radius 3 is 2.48 bits per heavy atom. The minimum Gasteiger partial charge on any atom is -0.370 e. The first-order valence-corrected chi connectivity index (χ1v) is 8.44. The molecule has 0 atom stereocenters. The lowest BCUT2D eigenvalue weighted by molar-refractivity contribution is 0.237. The van der Waals surface area contributed by atoms with E-state index in [1.54, 1.807) is 0 Å². The molecule has 1 aromatic heterocycles. The molecule has 116 valence electrons. The van der Waals surface area contributed by atoms with Gasteiger partial charge in [0.25, 0.3) is 0 Å². The summed E-state index contributed by atoms with van der Waals surface area (Å²) < 4.78 is 0. The Balaban J connectivity index is 1.55. The molecule has 0 amide bonds. The number of nitrogens with zero attached hydrogens (tertiary/aromatic N) is 3. The topological polar surface area (TPSA) is 53.1 Å². The van der Waals surface area contributed by atoms with Crippen LogP contribution in [0.3, 0.4) is 0 Å². The fourth-order valence-electron chi connectivity index (χ4n) is 2.88. The summed E-state index contributed by atoms with van der Waals surface area (Å²) in [6.07, 6.45) is 6.58. The van der Waals surface area contributed by atoms with E-state index in [1.165, 1.54) is 45.2 Å². The molecule has 0 radical (unpaired) electrons. The predicted molar refractivity (Wildman–Crippen MR) is 87.0 cm³/mol. The minimum absolute atomic E-state index is 0.589. The van der Waals surface area contributed by atoms with Crippen molar-refractivity contribution in [3.8, 4) is 0 Å². The van der Waals surface area contributed by atoms with Crippen LogP contribution in [0.15, 0.2) is 6.07 Å². The van der Waals surface area contributed by atoms with E-state index in [9.17, 15) is 0 Å². The van der Waals surface area contributed by atoms with Crippen LogP contribution in [0.2, 0.25) is 0 Å². The fourth-order valence-corrected chi connectivity index (χ4v) is 2.88. The van der Waals surface area contributed by atoms with Gasteiger partial charge in [-0.3, -0.25) is 0 Å². The molecule has 1 aliphatic heterocycles. The third-order valence-corrected chi connectivity index (χ3v) is 4.23. The number of anilines is 2. The van der Waals surface area contributed by atoms with E-state index < -0.39 is 0 Å². The summed E-state index contributed by atoms with van der Waals surface area (Å²) in [6.45, 7) is 7.57. The molecule has 1 aromatic rings. The van der Waals surface area contributed by atoms with E-state index in [2.05, 4.69) is 32.4 Å². The van der Waals surface area contributed by atoms with Gasteiger partial charge in [0.15, 0.2) is 0 Å². The fraction of sp³-hybridized carbons (Fsp3) is 0.750. The van der Waals surface area contributed by atoms with Gasteiger partial charge in [-0.15, -0.1) is 0 Å². The van der Waals surface area contributed by atoms with E-state index in [1.807, 2.05) is 6.07 Å². The molecule has 5 nitrogen and oxygen atoms in total. The highest BCUT2D eigenvalue weighted by Crippen LogP contribution is 2.38. The van der Waals surface area contributed by atoms with Gasteiger partial charge >= 0.3 is 0 Å². The van der Waals surface area contributed by atoms with E-state index in [0.717, 1.165) is 37.1 Å². The van der Waals surface area contributed by atoms with E-state index >= 15 is 0 Å². The molecular formula is C16H27N5. The maximum Gasteiger partial charge on any atom is 0.136 e. The van der Waals surface area contributed by atoms with Crippen molar-refractivity contribution < 1.29 is 0 Å². The van der Waals surface area contributed by atoms with Crippen molar-refractivity contribution >= 4 is 11.6 Å². The maximum absolute atomic E-state index is 4.68. The van der Waals surface area contributed by atoms with E-state index in [-0.39, 0.29) is 0 Å². The largest absolute Gasteiger partial charge is 0.370 e. The molecule has 2 fully saturated rings. The van der Waals surface area contributed by atoms with Crippen LogP contribution in [0.25, 0.3) is 0 Å². The van der Waals surface area contributed by atoms with Gasteiger partial charge in [-0.2, -0.15) is 0 Å². The minimum atomic E-state index is 0.589. The highest BCUT2D eigenvalue weighted by molar-refractivity contribution is 5.48. The molecular weight excluding hydrogens is 262 g/mol. The summed E-state index contributed by atoms with van der Waals surface area (Å²) in [6, 6.07) is 2.03. The Labute approximate surface area is 127 Å². The van der Waals surface area contributed by atoms with Crippen molar-refractivity contribution in [3.63, 3.8) is 0 Å². The SMILES string of the molecule is CCNc1cc(NCCN2CCCCC2)nc(C2CC2)n1. The second-order valence-corrected chi connectivity index (χ2v) is 6.13. The molecule has 1 saturated carbocycles. The summed E-state index contributed by atoms with van der Waals surface area (Å²) >= 11 is 0. The first kappa shape index (κ1) is 14.6. The number of rotatable bonds is 7. The Morgan fingerprint density at radius 1 is 1.10 bits per heavy atom. The van der Waals surface area contributed by atoms with Gasteiger partial charge in [-0.1, -0.05) is 6.42 Å². The summed E-state index contributed by atoms with van der Waals surface area (Å²) in [5.74, 6) is 3.52. The standard InChI is InChI=1S/C16H27N5/c1-2-17-14-12-15(20-16(19-14)13-6-7-13)18-8-11-21-9-4-3-5-10-21/h12-13H,2-11H2,1H3,(H2,17,18,19,20). The molecule has 21 heavy (non-hydrogen) atoms. The van der Waals surface area contributed by atoms with Gasteiger partial charge in [0.1, 0.15) is 17.5 Å². The number of aromatic nitrogens is 2. The zero-order chi connectivity index (χ0) is 14.5. The molecule has 2 aliphatic rings. The van der Waals surface area contributed by atoms with Crippen LogP contribution in [0.5, 0.6) is 0 Å². The summed E-state index contributed by atoms with van der Waals surface area (Å²) in [5.41, 5.74) is 0. The lowest BCUT2D eigenvalue weighted by Gasteiger charge is -2.26. The lowest BCUT2D eigenvalue weighted by atomic mass is 10.1. The van der Waals surface area contributed by atoms with Crippen LogP contribution in [0, 0.1) is 0 Å². The van der Waals surface area contributed by atoms with Crippen LogP contribution in [0.1, 0.15) is 50.8 Å². The maximum atomic E-state index is 4.68. The molecule has 0 spiro atoms. The van der Waals surface area contributed by atoms with Crippen LogP contribution in [0.4, 0.5) is 11.6 Å². The zero-order valence-corrected chi connectivity index (χ0v) is 13.1. The Bertz CT molecular complexity index is 452. The van der Waals surface area contributed by atoms with Gasteiger partial charge in [-0.05, 0) is 45.7 Å². The number of hydrogen-bond acceptors (Lipinski definition) is 5. The predicted octanol–water partition coefficient (Wildman–Crippen LogP) is 2.68. The number of likely N-dealkylation sites (tertiary alicyclic amines) is 1. The summed E-state index contributed by atoms with van der Waals surface area (Å²) in [4.78, 5) is 11.8. The monoisotopic (exact) mass is 289 g/mol. The van der Waals surface area contributed by atoms with Crippen molar-refractivity contribution in [3.05, 3.63) is 11.9 Å². The van der Waals surface area contributed by atoms with E-state index in [0.29, 0.717) is 5.92 Å². The molecule has 2 N–H and O–H groups in total.